The van der Waals surface area contributed by atoms with Gasteiger partial charge in [-0.1, -0.05) is 65.8 Å². The molecular weight excluding hydrogens is 416 g/mol. The van der Waals surface area contributed by atoms with E-state index in [-0.39, 0.29) is 6.42 Å². The van der Waals surface area contributed by atoms with E-state index in [2.05, 4.69) is 14.9 Å². The molecule has 0 saturated carbocycles. The second-order valence-electron chi connectivity index (χ2n) is 7.25. The zero-order chi connectivity index (χ0) is 23.1. The fraction of sp³-hybridized carbons (Fsp3) is 0.364. The molecule has 0 bridgehead atoms. The van der Waals surface area contributed by atoms with Crippen molar-refractivity contribution in [3.8, 4) is 0 Å². The number of amides is 1. The molecule has 1 heterocycles. The minimum atomic E-state index is -1.22. The lowest BCUT2D eigenvalue weighted by molar-refractivity contribution is -0.243. The van der Waals surface area contributed by atoms with Crippen LogP contribution in [0.4, 0.5) is 0 Å². The van der Waals surface area contributed by atoms with Crippen molar-refractivity contribution in [3.63, 3.8) is 0 Å². The van der Waals surface area contributed by atoms with Crippen LogP contribution in [-0.2, 0) is 24.0 Å². The fourth-order valence-electron chi connectivity index (χ4n) is 4.15. The molecule has 3 atom stereocenters. The summed E-state index contributed by atoms with van der Waals surface area (Å²) in [6.45, 7) is 0. The van der Waals surface area contributed by atoms with Crippen molar-refractivity contribution in [2.45, 2.75) is 36.8 Å². The SMILES string of the molecule is COC(C[C@@H]1[C@H](N=[N+]=[N-])C(=O)N1C(C(=O)OO)C(c1ccccc1)c1ccccc1)OC. The van der Waals surface area contributed by atoms with Crippen LogP contribution in [0.15, 0.2) is 65.8 Å². The van der Waals surface area contributed by atoms with Crippen molar-refractivity contribution in [1.82, 2.24) is 4.90 Å². The van der Waals surface area contributed by atoms with Crippen LogP contribution >= 0.6 is 0 Å². The van der Waals surface area contributed by atoms with E-state index in [1.54, 1.807) is 0 Å². The summed E-state index contributed by atoms with van der Waals surface area (Å²) >= 11 is 0. The summed E-state index contributed by atoms with van der Waals surface area (Å²) < 4.78 is 10.5. The summed E-state index contributed by atoms with van der Waals surface area (Å²) in [6.07, 6.45) is -0.557. The van der Waals surface area contributed by atoms with Crippen molar-refractivity contribution >= 4 is 11.9 Å². The van der Waals surface area contributed by atoms with Gasteiger partial charge in [0.25, 0.3) is 0 Å². The van der Waals surface area contributed by atoms with Crippen molar-refractivity contribution < 1.29 is 29.2 Å². The van der Waals surface area contributed by atoms with Gasteiger partial charge in [-0.2, -0.15) is 5.26 Å². The van der Waals surface area contributed by atoms with Crippen LogP contribution in [0.2, 0.25) is 0 Å². The van der Waals surface area contributed by atoms with E-state index in [0.717, 1.165) is 11.1 Å². The molecule has 2 aromatic carbocycles. The van der Waals surface area contributed by atoms with Gasteiger partial charge >= 0.3 is 5.97 Å². The first kappa shape index (κ1) is 23.2. The Morgan fingerprint density at radius 3 is 2.06 bits per heavy atom. The van der Waals surface area contributed by atoms with Gasteiger partial charge in [0.1, 0.15) is 12.1 Å². The number of nitrogens with zero attached hydrogens (tertiary/aromatic N) is 4. The van der Waals surface area contributed by atoms with Gasteiger partial charge in [-0.05, 0) is 16.7 Å². The molecule has 1 unspecified atom stereocenters. The highest BCUT2D eigenvalue weighted by atomic mass is 17.1. The molecule has 1 fully saturated rings. The number of rotatable bonds is 10. The van der Waals surface area contributed by atoms with Crippen LogP contribution in [0.3, 0.4) is 0 Å². The molecule has 0 aliphatic carbocycles. The third-order valence-corrected chi connectivity index (χ3v) is 5.63. The summed E-state index contributed by atoms with van der Waals surface area (Å²) in [5.41, 5.74) is 10.4. The van der Waals surface area contributed by atoms with Crippen LogP contribution in [0.25, 0.3) is 10.4 Å². The van der Waals surface area contributed by atoms with Gasteiger partial charge in [-0.3, -0.25) is 9.68 Å². The summed E-state index contributed by atoms with van der Waals surface area (Å²) in [7, 11) is 2.88. The molecule has 0 aromatic heterocycles. The minimum absolute atomic E-state index is 0.147. The average molecular weight is 440 g/mol. The highest BCUT2D eigenvalue weighted by Gasteiger charge is 2.55. The first-order valence-electron chi connectivity index (χ1n) is 9.94. The average Bonchev–Trinajstić information content (AvgIpc) is 2.85. The van der Waals surface area contributed by atoms with E-state index in [4.69, 9.17) is 15.0 Å². The van der Waals surface area contributed by atoms with E-state index in [0.29, 0.717) is 0 Å². The number of likely N-dealkylation sites (tertiary alicyclic amines) is 1. The van der Waals surface area contributed by atoms with Crippen molar-refractivity contribution in [1.29, 1.82) is 0 Å². The predicted octanol–water partition coefficient (Wildman–Crippen LogP) is 3.10. The van der Waals surface area contributed by atoms with Crippen LogP contribution in [-0.4, -0.2) is 60.7 Å². The molecule has 3 rings (SSSR count). The van der Waals surface area contributed by atoms with E-state index in [1.165, 1.54) is 19.1 Å². The topological polar surface area (TPSA) is 134 Å². The molecule has 1 amide bonds. The lowest BCUT2D eigenvalue weighted by Gasteiger charge is -2.50. The standard InChI is InChI=1S/C22H24N4O6/c1-30-17(31-2)13-16-19(24-25-23)21(27)26(16)20(22(28)32-29)18(14-9-5-3-6-10-14)15-11-7-4-8-12-15/h3-12,16-20,29H,13H2,1-2H3/t16-,19+,20?/m1/s1. The molecule has 168 valence electrons. The number of hydrogen-bond acceptors (Lipinski definition) is 7. The van der Waals surface area contributed by atoms with Crippen LogP contribution in [0, 0.1) is 0 Å². The Balaban J connectivity index is 2.11. The molecule has 10 heteroatoms. The van der Waals surface area contributed by atoms with Crippen LogP contribution in [0.1, 0.15) is 23.5 Å². The minimum Gasteiger partial charge on any atom is -0.356 e. The van der Waals surface area contributed by atoms with E-state index in [9.17, 15) is 14.8 Å². The van der Waals surface area contributed by atoms with Gasteiger partial charge in [0.2, 0.25) is 5.91 Å². The summed E-state index contributed by atoms with van der Waals surface area (Å²) in [4.78, 5) is 34.1. The van der Waals surface area contributed by atoms with Gasteiger partial charge < -0.3 is 14.4 Å². The van der Waals surface area contributed by atoms with Crippen molar-refractivity contribution in [2.75, 3.05) is 14.2 Å². The first-order valence-corrected chi connectivity index (χ1v) is 9.94. The fourth-order valence-corrected chi connectivity index (χ4v) is 4.15. The van der Waals surface area contributed by atoms with Gasteiger partial charge in [-0.25, -0.2) is 4.79 Å². The summed E-state index contributed by atoms with van der Waals surface area (Å²) in [5, 5.41) is 12.9. The largest absolute Gasteiger partial charge is 0.365 e. The molecule has 1 N–H and O–H groups in total. The molecule has 1 aliphatic heterocycles. The quantitative estimate of drug-likeness (QED) is 0.115. The van der Waals surface area contributed by atoms with Gasteiger partial charge in [0.15, 0.2) is 6.29 Å². The third-order valence-electron chi connectivity index (χ3n) is 5.63. The lowest BCUT2D eigenvalue weighted by Crippen LogP contribution is -2.70. The number of ether oxygens (including phenoxy) is 2. The molecule has 10 nitrogen and oxygen atoms in total. The lowest BCUT2D eigenvalue weighted by atomic mass is 9.80. The van der Waals surface area contributed by atoms with Crippen molar-refractivity contribution in [3.05, 3.63) is 82.2 Å². The Morgan fingerprint density at radius 2 is 1.62 bits per heavy atom. The maximum Gasteiger partial charge on any atom is 0.365 e. The second-order valence-corrected chi connectivity index (χ2v) is 7.25. The van der Waals surface area contributed by atoms with Gasteiger partial charge in [0, 0.05) is 31.5 Å². The zero-order valence-corrected chi connectivity index (χ0v) is 17.6. The van der Waals surface area contributed by atoms with E-state index < -0.39 is 42.2 Å². The Kier molecular flexibility index (Phi) is 7.80. The number of carbonyl (C=O) groups is 2. The summed E-state index contributed by atoms with van der Waals surface area (Å²) in [6, 6.07) is 15.3. The molecule has 0 radical (unpaired) electrons. The highest BCUT2D eigenvalue weighted by molar-refractivity contribution is 5.94. The normalized spacial score (nSPS) is 18.8. The number of hydrogen-bond donors (Lipinski definition) is 1. The number of β-lactam (4-membered cyclic amide) rings is 1. The molecule has 2 aromatic rings. The molecule has 32 heavy (non-hydrogen) atoms. The monoisotopic (exact) mass is 440 g/mol. The maximum atomic E-state index is 13.0. The highest BCUT2D eigenvalue weighted by Crippen LogP contribution is 2.39. The van der Waals surface area contributed by atoms with Gasteiger partial charge in [0.05, 0.1) is 6.04 Å². The Morgan fingerprint density at radius 1 is 1.09 bits per heavy atom. The number of methoxy groups -OCH3 is 2. The predicted molar refractivity (Wildman–Crippen MR) is 113 cm³/mol. The molecular formula is C22H24N4O6. The number of benzene rings is 2. The Labute approximate surface area is 184 Å². The second kappa shape index (κ2) is 10.7. The Hall–Kier alpha value is -3.43. The molecule has 1 saturated heterocycles. The van der Waals surface area contributed by atoms with E-state index >= 15 is 0 Å². The smallest absolute Gasteiger partial charge is 0.356 e. The summed E-state index contributed by atoms with van der Waals surface area (Å²) in [5.74, 6) is -2.21. The van der Waals surface area contributed by atoms with Crippen LogP contribution in [0.5, 0.6) is 0 Å². The zero-order valence-electron chi connectivity index (χ0n) is 17.6. The molecule has 1 aliphatic rings. The van der Waals surface area contributed by atoms with Crippen molar-refractivity contribution in [2.24, 2.45) is 5.11 Å². The number of azide groups is 1. The first-order chi connectivity index (χ1) is 15.6. The third kappa shape index (κ3) is 4.58. The van der Waals surface area contributed by atoms with Gasteiger partial charge in [-0.15, -0.1) is 0 Å². The molecule has 0 spiro atoms. The Bertz CT molecular complexity index is 923. The van der Waals surface area contributed by atoms with E-state index in [1.807, 2.05) is 60.7 Å². The van der Waals surface area contributed by atoms with Crippen LogP contribution < -0.4 is 0 Å². The number of carbonyl (C=O) groups excluding carboxylic acids is 2. The maximum absolute atomic E-state index is 13.0.